The molecule has 2 rings (SSSR count). The Morgan fingerprint density at radius 3 is 2.24 bits per heavy atom. The van der Waals surface area contributed by atoms with Crippen LogP contribution in [0.1, 0.15) is 41.2 Å². The van der Waals surface area contributed by atoms with E-state index in [2.05, 4.69) is 5.32 Å². The minimum Gasteiger partial charge on any atom is -0.466 e. The number of furan rings is 1. The third-order valence-electron chi connectivity index (χ3n) is 3.69. The van der Waals surface area contributed by atoms with Crippen LogP contribution in [0.4, 0.5) is 13.2 Å². The van der Waals surface area contributed by atoms with Crippen molar-refractivity contribution in [3.8, 4) is 0 Å². The summed E-state index contributed by atoms with van der Waals surface area (Å²) in [6, 6.07) is 1.63. The highest BCUT2D eigenvalue weighted by atomic mass is 19.2. The van der Waals surface area contributed by atoms with Gasteiger partial charge in [-0.25, -0.2) is 13.2 Å². The van der Waals surface area contributed by atoms with Crippen LogP contribution in [0.25, 0.3) is 0 Å². The van der Waals surface area contributed by atoms with Crippen LogP contribution >= 0.6 is 0 Å². The zero-order chi connectivity index (χ0) is 15.7. The van der Waals surface area contributed by atoms with Crippen molar-refractivity contribution in [1.82, 2.24) is 5.32 Å². The average molecular weight is 297 g/mol. The molecule has 114 valence electrons. The second-order valence-electron chi connectivity index (χ2n) is 5.01. The second-order valence-corrected chi connectivity index (χ2v) is 5.01. The van der Waals surface area contributed by atoms with Crippen LogP contribution in [-0.2, 0) is 0 Å². The average Bonchev–Trinajstić information content (AvgIpc) is 2.68. The maximum atomic E-state index is 14.1. The molecular formula is C16H18F3NO. The van der Waals surface area contributed by atoms with Gasteiger partial charge in [0.2, 0.25) is 0 Å². The monoisotopic (exact) mass is 297 g/mol. The molecule has 1 aromatic heterocycles. The van der Waals surface area contributed by atoms with Gasteiger partial charge in [-0.05, 0) is 38.9 Å². The molecule has 0 fully saturated rings. The molecular weight excluding hydrogens is 279 g/mol. The minimum absolute atomic E-state index is 0.0720. The molecule has 0 saturated carbocycles. The summed E-state index contributed by atoms with van der Waals surface area (Å²) in [4.78, 5) is 0. The van der Waals surface area contributed by atoms with E-state index in [0.717, 1.165) is 23.0 Å². The van der Waals surface area contributed by atoms with Crippen LogP contribution in [0, 0.1) is 38.2 Å². The van der Waals surface area contributed by atoms with Crippen LogP contribution < -0.4 is 5.32 Å². The SMILES string of the molecule is CCNC(c1ccc(F)c(F)c1F)c1c(C)oc(C)c1C. The fourth-order valence-electron chi connectivity index (χ4n) is 2.57. The number of aryl methyl sites for hydroxylation is 2. The first kappa shape index (κ1) is 15.6. The molecule has 0 amide bonds. The summed E-state index contributed by atoms with van der Waals surface area (Å²) in [5.74, 6) is -2.44. The van der Waals surface area contributed by atoms with E-state index in [4.69, 9.17) is 4.42 Å². The Balaban J connectivity index is 2.62. The zero-order valence-corrected chi connectivity index (χ0v) is 12.5. The molecule has 1 atom stereocenters. The van der Waals surface area contributed by atoms with Gasteiger partial charge in [0.1, 0.15) is 11.5 Å². The van der Waals surface area contributed by atoms with Crippen LogP contribution in [0.5, 0.6) is 0 Å². The third-order valence-corrected chi connectivity index (χ3v) is 3.69. The smallest absolute Gasteiger partial charge is 0.194 e. The van der Waals surface area contributed by atoms with Gasteiger partial charge in [0, 0.05) is 11.1 Å². The van der Waals surface area contributed by atoms with Crippen LogP contribution in [0.3, 0.4) is 0 Å². The Labute approximate surface area is 122 Å². The first-order valence-electron chi connectivity index (χ1n) is 6.81. The fourth-order valence-corrected chi connectivity index (χ4v) is 2.57. The molecule has 5 heteroatoms. The second kappa shape index (κ2) is 5.93. The Morgan fingerprint density at radius 2 is 1.71 bits per heavy atom. The van der Waals surface area contributed by atoms with E-state index in [1.54, 1.807) is 6.92 Å². The van der Waals surface area contributed by atoms with E-state index >= 15 is 0 Å². The number of halogens is 3. The quantitative estimate of drug-likeness (QED) is 0.850. The summed E-state index contributed by atoms with van der Waals surface area (Å²) < 4.78 is 46.3. The first-order chi connectivity index (χ1) is 9.88. The molecule has 0 aliphatic heterocycles. The number of hydrogen-bond acceptors (Lipinski definition) is 2. The predicted octanol–water partition coefficient (Wildman–Crippen LogP) is 4.32. The van der Waals surface area contributed by atoms with Crippen molar-refractivity contribution in [3.05, 3.63) is 57.8 Å². The van der Waals surface area contributed by atoms with Gasteiger partial charge in [0.15, 0.2) is 17.5 Å². The summed E-state index contributed by atoms with van der Waals surface area (Å²) in [6.45, 7) is 7.87. The van der Waals surface area contributed by atoms with Gasteiger partial charge in [0.25, 0.3) is 0 Å². The Morgan fingerprint density at radius 1 is 1.05 bits per heavy atom. The molecule has 1 aromatic carbocycles. The number of hydrogen-bond donors (Lipinski definition) is 1. The lowest BCUT2D eigenvalue weighted by atomic mass is 9.94. The molecule has 0 aliphatic carbocycles. The molecule has 0 aliphatic rings. The van der Waals surface area contributed by atoms with Crippen LogP contribution in [-0.4, -0.2) is 6.54 Å². The van der Waals surface area contributed by atoms with Crippen molar-refractivity contribution < 1.29 is 17.6 Å². The maximum Gasteiger partial charge on any atom is 0.194 e. The van der Waals surface area contributed by atoms with Gasteiger partial charge < -0.3 is 9.73 Å². The summed E-state index contributed by atoms with van der Waals surface area (Å²) in [5, 5.41) is 3.11. The highest BCUT2D eigenvalue weighted by Gasteiger charge is 2.26. The van der Waals surface area contributed by atoms with Gasteiger partial charge in [-0.15, -0.1) is 0 Å². The van der Waals surface area contributed by atoms with E-state index in [0.29, 0.717) is 12.3 Å². The summed E-state index contributed by atoms with van der Waals surface area (Å²) >= 11 is 0. The fraction of sp³-hybridized carbons (Fsp3) is 0.375. The molecule has 0 spiro atoms. The molecule has 1 N–H and O–H groups in total. The number of benzene rings is 1. The zero-order valence-electron chi connectivity index (χ0n) is 12.5. The van der Waals surface area contributed by atoms with Gasteiger partial charge in [-0.2, -0.15) is 0 Å². The van der Waals surface area contributed by atoms with E-state index in [-0.39, 0.29) is 5.56 Å². The van der Waals surface area contributed by atoms with E-state index < -0.39 is 23.5 Å². The molecule has 0 saturated heterocycles. The lowest BCUT2D eigenvalue weighted by Gasteiger charge is -2.20. The number of rotatable bonds is 4. The largest absolute Gasteiger partial charge is 0.466 e. The van der Waals surface area contributed by atoms with Crippen molar-refractivity contribution in [3.63, 3.8) is 0 Å². The van der Waals surface area contributed by atoms with Crippen molar-refractivity contribution in [2.45, 2.75) is 33.7 Å². The Hall–Kier alpha value is -1.75. The van der Waals surface area contributed by atoms with Gasteiger partial charge in [-0.1, -0.05) is 13.0 Å². The van der Waals surface area contributed by atoms with E-state index in [1.807, 2.05) is 20.8 Å². The molecule has 0 radical (unpaired) electrons. The van der Waals surface area contributed by atoms with Gasteiger partial charge in [0.05, 0.1) is 6.04 Å². The number of nitrogens with one attached hydrogen (secondary N) is 1. The van der Waals surface area contributed by atoms with Crippen molar-refractivity contribution >= 4 is 0 Å². The highest BCUT2D eigenvalue weighted by molar-refractivity contribution is 5.41. The maximum absolute atomic E-state index is 14.1. The lowest BCUT2D eigenvalue weighted by molar-refractivity contribution is 0.432. The minimum atomic E-state index is -1.45. The first-order valence-corrected chi connectivity index (χ1v) is 6.81. The van der Waals surface area contributed by atoms with E-state index in [9.17, 15) is 13.2 Å². The molecule has 1 unspecified atom stereocenters. The highest BCUT2D eigenvalue weighted by Crippen LogP contribution is 2.33. The lowest BCUT2D eigenvalue weighted by Crippen LogP contribution is -2.24. The molecule has 2 nitrogen and oxygen atoms in total. The molecule has 21 heavy (non-hydrogen) atoms. The van der Waals surface area contributed by atoms with Crippen LogP contribution in [0.15, 0.2) is 16.5 Å². The predicted molar refractivity (Wildman–Crippen MR) is 74.8 cm³/mol. The molecule has 2 aromatic rings. The topological polar surface area (TPSA) is 25.2 Å². The summed E-state index contributed by atoms with van der Waals surface area (Å²) in [6.07, 6.45) is 0. The molecule has 1 heterocycles. The van der Waals surface area contributed by atoms with Crippen molar-refractivity contribution in [2.24, 2.45) is 0 Å². The van der Waals surface area contributed by atoms with Crippen molar-refractivity contribution in [1.29, 1.82) is 0 Å². The Bertz CT molecular complexity index is 664. The van der Waals surface area contributed by atoms with Crippen molar-refractivity contribution in [2.75, 3.05) is 6.54 Å². The van der Waals surface area contributed by atoms with Crippen LogP contribution in [0.2, 0.25) is 0 Å². The normalized spacial score (nSPS) is 12.7. The summed E-state index contributed by atoms with van der Waals surface area (Å²) in [7, 11) is 0. The Kier molecular flexibility index (Phi) is 4.42. The van der Waals surface area contributed by atoms with Gasteiger partial charge >= 0.3 is 0 Å². The van der Waals surface area contributed by atoms with Gasteiger partial charge in [-0.3, -0.25) is 0 Å². The molecule has 0 bridgehead atoms. The van der Waals surface area contributed by atoms with E-state index in [1.165, 1.54) is 6.07 Å². The third kappa shape index (κ3) is 2.70. The standard InChI is InChI=1S/C16H18F3NO/c1-5-20-16(13-8(2)9(3)21-10(13)4)11-6-7-12(17)15(19)14(11)18/h6-7,16,20H,5H2,1-4H3. The summed E-state index contributed by atoms with van der Waals surface area (Å²) in [5.41, 5.74) is 1.71.